The number of rotatable bonds is 7. The second-order valence-corrected chi connectivity index (χ2v) is 8.00. The third-order valence-electron chi connectivity index (χ3n) is 5.57. The lowest BCUT2D eigenvalue weighted by Gasteiger charge is -2.21. The largest absolute Gasteiger partial charge is 0.489 e. The molecule has 1 N–H and O–H groups in total. The normalized spacial score (nSPS) is 13.9. The molecule has 4 rings (SSSR count). The molecule has 1 amide bonds. The summed E-state index contributed by atoms with van der Waals surface area (Å²) in [4.78, 5) is 24.9. The molecule has 5 nitrogen and oxygen atoms in total. The molecule has 164 valence electrons. The number of amides is 1. The van der Waals surface area contributed by atoms with Crippen molar-refractivity contribution in [2.75, 3.05) is 5.32 Å². The maximum absolute atomic E-state index is 12.5. The fraction of sp³-hybridized carbons (Fsp3) is 0.259. The molecule has 0 saturated heterocycles. The van der Waals surface area contributed by atoms with E-state index >= 15 is 0 Å². The fourth-order valence-electron chi connectivity index (χ4n) is 3.74. The van der Waals surface area contributed by atoms with Gasteiger partial charge in [0.15, 0.2) is 0 Å². The number of esters is 1. The molecule has 0 aromatic heterocycles. The van der Waals surface area contributed by atoms with E-state index in [4.69, 9.17) is 9.47 Å². The maximum atomic E-state index is 12.5. The smallest absolute Gasteiger partial charge is 0.338 e. The van der Waals surface area contributed by atoms with Crippen molar-refractivity contribution >= 4 is 17.6 Å². The van der Waals surface area contributed by atoms with Crippen LogP contribution in [0.5, 0.6) is 5.75 Å². The Labute approximate surface area is 188 Å². The van der Waals surface area contributed by atoms with Gasteiger partial charge in [-0.3, -0.25) is 4.79 Å². The third kappa shape index (κ3) is 5.97. The summed E-state index contributed by atoms with van der Waals surface area (Å²) in [7, 11) is 0. The zero-order valence-electron chi connectivity index (χ0n) is 18.0. The second-order valence-electron chi connectivity index (χ2n) is 8.00. The maximum Gasteiger partial charge on any atom is 0.338 e. The molecule has 3 aromatic rings. The van der Waals surface area contributed by atoms with Crippen molar-refractivity contribution in [1.82, 2.24) is 0 Å². The van der Waals surface area contributed by atoms with Gasteiger partial charge in [0.25, 0.3) is 5.91 Å². The second kappa shape index (κ2) is 10.6. The number of benzene rings is 3. The minimum absolute atomic E-state index is 0.0234. The molecule has 0 heterocycles. The van der Waals surface area contributed by atoms with Crippen molar-refractivity contribution in [3.05, 3.63) is 95.6 Å². The highest BCUT2D eigenvalue weighted by molar-refractivity contribution is 6.04. The molecule has 32 heavy (non-hydrogen) atoms. The summed E-state index contributed by atoms with van der Waals surface area (Å²) in [6, 6.07) is 23.7. The predicted octanol–water partition coefficient (Wildman–Crippen LogP) is 6.01. The van der Waals surface area contributed by atoms with E-state index in [0.717, 1.165) is 31.2 Å². The average molecular weight is 430 g/mol. The number of carbonyl (C=O) groups is 2. The number of ether oxygens (including phenoxy) is 2. The summed E-state index contributed by atoms with van der Waals surface area (Å²) in [6.07, 6.45) is 5.35. The lowest BCUT2D eigenvalue weighted by molar-refractivity contribution is 0.0211. The number of anilines is 1. The highest BCUT2D eigenvalue weighted by Gasteiger charge is 2.18. The van der Waals surface area contributed by atoms with E-state index < -0.39 is 0 Å². The van der Waals surface area contributed by atoms with E-state index in [1.54, 1.807) is 48.5 Å². The molecular weight excluding hydrogens is 402 g/mol. The molecule has 0 aliphatic heterocycles. The van der Waals surface area contributed by atoms with Crippen molar-refractivity contribution < 1.29 is 19.1 Å². The molecule has 0 unspecified atom stereocenters. The van der Waals surface area contributed by atoms with Crippen LogP contribution in [0.1, 0.15) is 58.4 Å². The van der Waals surface area contributed by atoms with E-state index in [-0.39, 0.29) is 18.0 Å². The zero-order valence-corrected chi connectivity index (χ0v) is 18.0. The first-order chi connectivity index (χ1) is 15.7. The van der Waals surface area contributed by atoms with Gasteiger partial charge in [-0.25, -0.2) is 4.79 Å². The van der Waals surface area contributed by atoms with Crippen LogP contribution < -0.4 is 10.1 Å². The minimum Gasteiger partial charge on any atom is -0.489 e. The van der Waals surface area contributed by atoms with Crippen LogP contribution in [-0.4, -0.2) is 18.0 Å². The van der Waals surface area contributed by atoms with E-state index in [0.29, 0.717) is 29.2 Å². The Kier molecular flexibility index (Phi) is 7.18. The first-order valence-electron chi connectivity index (χ1n) is 11.1. The van der Waals surface area contributed by atoms with Gasteiger partial charge in [0.1, 0.15) is 18.5 Å². The molecule has 0 spiro atoms. The number of hydrogen-bond acceptors (Lipinski definition) is 4. The number of nitrogens with one attached hydrogen (secondary N) is 1. The Morgan fingerprint density at radius 2 is 1.44 bits per heavy atom. The Hall–Kier alpha value is -3.60. The van der Waals surface area contributed by atoms with Crippen LogP contribution in [0.3, 0.4) is 0 Å². The van der Waals surface area contributed by atoms with Crippen LogP contribution in [0, 0.1) is 0 Å². The van der Waals surface area contributed by atoms with E-state index in [9.17, 15) is 9.59 Å². The van der Waals surface area contributed by atoms with Crippen LogP contribution in [0.15, 0.2) is 78.9 Å². The standard InChI is InChI=1S/C27H27NO4/c29-26(21-13-17-24(18-14-21)31-19-20-7-3-1-4-8-20)28-23-15-11-22(12-16-23)27(30)32-25-9-5-2-6-10-25/h1,3-4,7-8,11-18,25H,2,5-6,9-10,19H2,(H,28,29). The molecule has 1 aliphatic carbocycles. The van der Waals surface area contributed by atoms with Gasteiger partial charge in [-0.1, -0.05) is 36.8 Å². The zero-order chi connectivity index (χ0) is 22.2. The summed E-state index contributed by atoms with van der Waals surface area (Å²) < 4.78 is 11.3. The van der Waals surface area contributed by atoms with Crippen molar-refractivity contribution in [1.29, 1.82) is 0 Å². The summed E-state index contributed by atoms with van der Waals surface area (Å²) in [6.45, 7) is 0.474. The first-order valence-corrected chi connectivity index (χ1v) is 11.1. The summed E-state index contributed by atoms with van der Waals surface area (Å²) in [5.74, 6) is 0.171. The highest BCUT2D eigenvalue weighted by atomic mass is 16.5. The average Bonchev–Trinajstić information content (AvgIpc) is 2.85. The number of hydrogen-bond donors (Lipinski definition) is 1. The van der Waals surface area contributed by atoms with Gasteiger partial charge in [0, 0.05) is 11.3 Å². The van der Waals surface area contributed by atoms with Crippen molar-refractivity contribution in [2.24, 2.45) is 0 Å². The molecule has 1 saturated carbocycles. The molecule has 3 aromatic carbocycles. The molecule has 1 aliphatic rings. The van der Waals surface area contributed by atoms with E-state index in [1.807, 2.05) is 30.3 Å². The Bertz CT molecular complexity index is 1020. The molecular formula is C27H27NO4. The van der Waals surface area contributed by atoms with Crippen LogP contribution in [-0.2, 0) is 11.3 Å². The van der Waals surface area contributed by atoms with Gasteiger partial charge >= 0.3 is 5.97 Å². The fourth-order valence-corrected chi connectivity index (χ4v) is 3.74. The van der Waals surface area contributed by atoms with Gasteiger partial charge < -0.3 is 14.8 Å². The molecule has 5 heteroatoms. The molecule has 0 atom stereocenters. The van der Waals surface area contributed by atoms with Gasteiger partial charge in [-0.2, -0.15) is 0 Å². The van der Waals surface area contributed by atoms with Crippen LogP contribution >= 0.6 is 0 Å². The Morgan fingerprint density at radius 3 is 2.12 bits per heavy atom. The quantitative estimate of drug-likeness (QED) is 0.467. The highest BCUT2D eigenvalue weighted by Crippen LogP contribution is 2.22. The third-order valence-corrected chi connectivity index (χ3v) is 5.57. The van der Waals surface area contributed by atoms with E-state index in [1.165, 1.54) is 6.42 Å². The minimum atomic E-state index is -0.305. The number of carbonyl (C=O) groups excluding carboxylic acids is 2. The summed E-state index contributed by atoms with van der Waals surface area (Å²) in [5.41, 5.74) is 2.72. The van der Waals surface area contributed by atoms with Gasteiger partial charge in [0.05, 0.1) is 5.56 Å². The van der Waals surface area contributed by atoms with Crippen LogP contribution in [0.25, 0.3) is 0 Å². The lowest BCUT2D eigenvalue weighted by Crippen LogP contribution is -2.20. The molecule has 0 bridgehead atoms. The van der Waals surface area contributed by atoms with Crippen molar-refractivity contribution in [3.8, 4) is 5.75 Å². The van der Waals surface area contributed by atoms with Crippen LogP contribution in [0.4, 0.5) is 5.69 Å². The first kappa shape index (κ1) is 21.6. The topological polar surface area (TPSA) is 64.6 Å². The lowest BCUT2D eigenvalue weighted by atomic mass is 9.98. The summed E-state index contributed by atoms with van der Waals surface area (Å²) in [5, 5.41) is 2.85. The van der Waals surface area contributed by atoms with Crippen molar-refractivity contribution in [2.45, 2.75) is 44.8 Å². The SMILES string of the molecule is O=C(Nc1ccc(C(=O)OC2CCCCC2)cc1)c1ccc(OCc2ccccc2)cc1. The molecule has 0 radical (unpaired) electrons. The molecule has 1 fully saturated rings. The Morgan fingerprint density at radius 1 is 0.781 bits per heavy atom. The summed E-state index contributed by atoms with van der Waals surface area (Å²) >= 11 is 0. The van der Waals surface area contributed by atoms with Gasteiger partial charge in [-0.15, -0.1) is 0 Å². The van der Waals surface area contributed by atoms with Gasteiger partial charge in [-0.05, 0) is 79.8 Å². The van der Waals surface area contributed by atoms with Gasteiger partial charge in [0.2, 0.25) is 0 Å². The van der Waals surface area contributed by atoms with Crippen LogP contribution in [0.2, 0.25) is 0 Å². The predicted molar refractivity (Wildman–Crippen MR) is 124 cm³/mol. The van der Waals surface area contributed by atoms with E-state index in [2.05, 4.69) is 5.32 Å². The monoisotopic (exact) mass is 429 g/mol. The van der Waals surface area contributed by atoms with Crippen molar-refractivity contribution in [3.63, 3.8) is 0 Å². The Balaban J connectivity index is 1.29.